The number of cyclic esters (lactones) is 1. The fourth-order valence-corrected chi connectivity index (χ4v) is 3.17. The molecule has 1 N–H and O–H groups in total. The van der Waals surface area contributed by atoms with E-state index in [1.54, 1.807) is 18.4 Å². The molecule has 1 aromatic heterocycles. The Kier molecular flexibility index (Phi) is 5.00. The molecule has 6 nitrogen and oxygen atoms in total. The minimum Gasteiger partial charge on any atom is -0.497 e. The molecule has 1 aromatic carbocycles. The van der Waals surface area contributed by atoms with E-state index in [1.165, 1.54) is 4.90 Å². The van der Waals surface area contributed by atoms with Gasteiger partial charge in [0.15, 0.2) is 0 Å². The summed E-state index contributed by atoms with van der Waals surface area (Å²) < 4.78 is 10.1. The number of nitrogens with zero attached hydrogens (tertiary/aromatic N) is 1. The van der Waals surface area contributed by atoms with Crippen LogP contribution in [0.1, 0.15) is 10.4 Å². The van der Waals surface area contributed by atoms with Crippen molar-refractivity contribution in [3.63, 3.8) is 0 Å². The van der Waals surface area contributed by atoms with E-state index in [0.29, 0.717) is 13.1 Å². The molecule has 0 unspecified atom stereocenters. The summed E-state index contributed by atoms with van der Waals surface area (Å²) in [5.41, 5.74) is 0.958. The van der Waals surface area contributed by atoms with Crippen LogP contribution < -0.4 is 10.1 Å². The van der Waals surface area contributed by atoms with Gasteiger partial charge in [-0.1, -0.05) is 18.2 Å². The highest BCUT2D eigenvalue weighted by Gasteiger charge is 2.38. The van der Waals surface area contributed by atoms with E-state index in [4.69, 9.17) is 9.47 Å². The second-order valence-electron chi connectivity index (χ2n) is 5.37. The third kappa shape index (κ3) is 3.68. The van der Waals surface area contributed by atoms with Crippen molar-refractivity contribution in [1.29, 1.82) is 0 Å². The molecule has 2 amide bonds. The van der Waals surface area contributed by atoms with Gasteiger partial charge >= 0.3 is 6.09 Å². The molecule has 24 heavy (non-hydrogen) atoms. The van der Waals surface area contributed by atoms with Crippen molar-refractivity contribution in [1.82, 2.24) is 10.2 Å². The van der Waals surface area contributed by atoms with Crippen molar-refractivity contribution in [2.24, 2.45) is 0 Å². The molecule has 3 rings (SSSR count). The van der Waals surface area contributed by atoms with Crippen LogP contribution in [0.5, 0.6) is 5.75 Å². The maximum absolute atomic E-state index is 12.4. The molecule has 7 heteroatoms. The topological polar surface area (TPSA) is 67.9 Å². The smallest absolute Gasteiger partial charge is 0.410 e. The summed E-state index contributed by atoms with van der Waals surface area (Å²) in [5, 5.41) is 4.80. The number of hydrogen-bond acceptors (Lipinski definition) is 5. The van der Waals surface area contributed by atoms with Crippen molar-refractivity contribution in [3.05, 3.63) is 52.2 Å². The van der Waals surface area contributed by atoms with Crippen LogP contribution >= 0.6 is 11.3 Å². The Labute approximate surface area is 144 Å². The van der Waals surface area contributed by atoms with Crippen LogP contribution in [0.15, 0.2) is 41.8 Å². The van der Waals surface area contributed by atoms with E-state index in [-0.39, 0.29) is 12.5 Å². The number of carbonyl (C=O) groups excluding carboxylic acids is 2. The lowest BCUT2D eigenvalue weighted by atomic mass is 10.2. The number of benzene rings is 1. The fraction of sp³-hybridized carbons (Fsp3) is 0.294. The summed E-state index contributed by atoms with van der Waals surface area (Å²) in [7, 11) is 1.61. The Morgan fingerprint density at radius 3 is 2.83 bits per heavy atom. The predicted molar refractivity (Wildman–Crippen MR) is 89.8 cm³/mol. The summed E-state index contributed by atoms with van der Waals surface area (Å²) in [4.78, 5) is 26.8. The summed E-state index contributed by atoms with van der Waals surface area (Å²) >= 11 is 1.55. The maximum Gasteiger partial charge on any atom is 0.410 e. The second kappa shape index (κ2) is 7.35. The van der Waals surface area contributed by atoms with Crippen LogP contribution in [-0.2, 0) is 22.6 Å². The molecule has 0 saturated carbocycles. The zero-order valence-corrected chi connectivity index (χ0v) is 14.0. The fourth-order valence-electron chi connectivity index (χ4n) is 2.46. The number of hydrogen-bond donors (Lipinski definition) is 1. The van der Waals surface area contributed by atoms with Crippen molar-refractivity contribution in [3.8, 4) is 5.75 Å². The highest BCUT2D eigenvalue weighted by molar-refractivity contribution is 7.09. The van der Waals surface area contributed by atoms with Crippen molar-refractivity contribution < 1.29 is 19.1 Å². The van der Waals surface area contributed by atoms with Gasteiger partial charge in [-0.2, -0.15) is 0 Å². The molecule has 0 bridgehead atoms. The number of carbonyl (C=O) groups is 2. The standard InChI is InChI=1S/C17H18N2O4S/c1-22-13-6-4-12(5-7-13)9-18-16(20)15-11-23-17(21)19(15)10-14-3-2-8-24-14/h2-8,15H,9-11H2,1H3,(H,18,20)/t15-/m0/s1. The van der Waals surface area contributed by atoms with Gasteiger partial charge in [-0.05, 0) is 29.1 Å². The molecular weight excluding hydrogens is 328 g/mol. The summed E-state index contributed by atoms with van der Waals surface area (Å²) in [5.74, 6) is 0.551. The third-order valence-corrected chi connectivity index (χ3v) is 4.67. The number of ether oxygens (including phenoxy) is 2. The summed E-state index contributed by atoms with van der Waals surface area (Å²) in [6.07, 6.45) is -0.451. The Balaban J connectivity index is 1.59. The van der Waals surface area contributed by atoms with Crippen molar-refractivity contribution in [2.45, 2.75) is 19.1 Å². The van der Waals surface area contributed by atoms with Gasteiger partial charge in [0, 0.05) is 11.4 Å². The molecular formula is C17H18N2O4S. The van der Waals surface area contributed by atoms with E-state index in [9.17, 15) is 9.59 Å². The van der Waals surface area contributed by atoms with E-state index in [1.807, 2.05) is 41.8 Å². The minimum atomic E-state index is -0.599. The first-order chi connectivity index (χ1) is 11.7. The molecule has 1 aliphatic rings. The lowest BCUT2D eigenvalue weighted by molar-refractivity contribution is -0.125. The Hall–Kier alpha value is -2.54. The van der Waals surface area contributed by atoms with Crippen LogP contribution in [0.3, 0.4) is 0 Å². The van der Waals surface area contributed by atoms with E-state index in [2.05, 4.69) is 5.32 Å². The van der Waals surface area contributed by atoms with Crippen LogP contribution in [0.25, 0.3) is 0 Å². The van der Waals surface area contributed by atoms with Gasteiger partial charge in [-0.25, -0.2) is 4.79 Å². The number of amides is 2. The Morgan fingerprint density at radius 2 is 2.17 bits per heavy atom. The number of methoxy groups -OCH3 is 1. The molecule has 1 aliphatic heterocycles. The highest BCUT2D eigenvalue weighted by atomic mass is 32.1. The monoisotopic (exact) mass is 346 g/mol. The Morgan fingerprint density at radius 1 is 1.38 bits per heavy atom. The largest absolute Gasteiger partial charge is 0.497 e. The normalized spacial score (nSPS) is 16.8. The van der Waals surface area contributed by atoms with Crippen LogP contribution in [-0.4, -0.2) is 36.7 Å². The lowest BCUT2D eigenvalue weighted by Gasteiger charge is -2.20. The van der Waals surface area contributed by atoms with E-state index >= 15 is 0 Å². The number of thiophene rings is 1. The van der Waals surface area contributed by atoms with Gasteiger partial charge in [-0.3, -0.25) is 9.69 Å². The molecule has 0 aliphatic carbocycles. The van der Waals surface area contributed by atoms with Gasteiger partial charge < -0.3 is 14.8 Å². The number of rotatable bonds is 6. The van der Waals surface area contributed by atoms with Crippen LogP contribution in [0.4, 0.5) is 4.79 Å². The van der Waals surface area contributed by atoms with E-state index in [0.717, 1.165) is 16.2 Å². The molecule has 126 valence electrons. The second-order valence-corrected chi connectivity index (χ2v) is 6.40. The van der Waals surface area contributed by atoms with E-state index < -0.39 is 12.1 Å². The molecule has 1 atom stereocenters. The zero-order valence-electron chi connectivity index (χ0n) is 13.2. The van der Waals surface area contributed by atoms with Gasteiger partial charge in [0.25, 0.3) is 0 Å². The lowest BCUT2D eigenvalue weighted by Crippen LogP contribution is -2.45. The SMILES string of the molecule is COc1ccc(CNC(=O)[C@@H]2COC(=O)N2Cc2cccs2)cc1. The highest BCUT2D eigenvalue weighted by Crippen LogP contribution is 2.19. The molecule has 1 fully saturated rings. The maximum atomic E-state index is 12.4. The van der Waals surface area contributed by atoms with Gasteiger partial charge in [-0.15, -0.1) is 11.3 Å². The molecule has 2 heterocycles. The van der Waals surface area contributed by atoms with Gasteiger partial charge in [0.05, 0.1) is 13.7 Å². The predicted octanol–water partition coefficient (Wildman–Crippen LogP) is 2.39. The molecule has 0 spiro atoms. The first kappa shape index (κ1) is 16.3. The summed E-state index contributed by atoms with van der Waals surface area (Å²) in [6, 6.07) is 10.7. The minimum absolute atomic E-state index is 0.0820. The average Bonchev–Trinajstić information content (AvgIpc) is 3.24. The van der Waals surface area contributed by atoms with Crippen LogP contribution in [0, 0.1) is 0 Å². The van der Waals surface area contributed by atoms with Crippen molar-refractivity contribution in [2.75, 3.05) is 13.7 Å². The van der Waals surface area contributed by atoms with Crippen molar-refractivity contribution >= 4 is 23.3 Å². The Bertz CT molecular complexity index is 700. The summed E-state index contributed by atoms with van der Waals surface area (Å²) in [6.45, 7) is 0.857. The molecule has 2 aromatic rings. The molecule has 0 radical (unpaired) electrons. The van der Waals surface area contributed by atoms with Gasteiger partial charge in [0.1, 0.15) is 18.4 Å². The van der Waals surface area contributed by atoms with Crippen LogP contribution in [0.2, 0.25) is 0 Å². The third-order valence-electron chi connectivity index (χ3n) is 3.81. The first-order valence-corrected chi connectivity index (χ1v) is 8.42. The van der Waals surface area contributed by atoms with Gasteiger partial charge in [0.2, 0.25) is 5.91 Å². The zero-order chi connectivity index (χ0) is 16.9. The quantitative estimate of drug-likeness (QED) is 0.872. The molecule has 1 saturated heterocycles. The first-order valence-electron chi connectivity index (χ1n) is 7.54. The average molecular weight is 346 g/mol. The number of nitrogens with one attached hydrogen (secondary N) is 1.